The van der Waals surface area contributed by atoms with Gasteiger partial charge in [0.2, 0.25) is 10.0 Å². The van der Waals surface area contributed by atoms with E-state index in [1.165, 1.54) is 10.4 Å². The molecule has 1 saturated carbocycles. The highest BCUT2D eigenvalue weighted by Gasteiger charge is 2.38. The van der Waals surface area contributed by atoms with E-state index in [2.05, 4.69) is 15.9 Å². The lowest BCUT2D eigenvalue weighted by atomic mass is 10.4. The van der Waals surface area contributed by atoms with Crippen molar-refractivity contribution < 1.29 is 18.3 Å². The molecular formula is C12H14BrNO4S. The Morgan fingerprint density at radius 3 is 2.53 bits per heavy atom. The Kier molecular flexibility index (Phi) is 4.27. The molecule has 0 spiro atoms. The smallest absolute Gasteiger partial charge is 0.304 e. The largest absolute Gasteiger partial charge is 0.481 e. The average Bonchev–Trinajstić information content (AvgIpc) is 3.13. The van der Waals surface area contributed by atoms with E-state index in [9.17, 15) is 13.2 Å². The number of benzene rings is 1. The van der Waals surface area contributed by atoms with Crippen molar-refractivity contribution in [3.8, 4) is 0 Å². The second-order valence-electron chi connectivity index (χ2n) is 4.42. The third-order valence-corrected chi connectivity index (χ3v) is 5.89. The van der Waals surface area contributed by atoms with Crippen LogP contribution in [-0.2, 0) is 14.8 Å². The molecule has 0 heterocycles. The first-order chi connectivity index (χ1) is 8.93. The Labute approximate surface area is 120 Å². The van der Waals surface area contributed by atoms with Crippen molar-refractivity contribution in [3.63, 3.8) is 0 Å². The number of hydrogen-bond donors (Lipinski definition) is 1. The van der Waals surface area contributed by atoms with Gasteiger partial charge >= 0.3 is 5.97 Å². The van der Waals surface area contributed by atoms with E-state index in [1.807, 2.05) is 0 Å². The Morgan fingerprint density at radius 1 is 1.37 bits per heavy atom. The summed E-state index contributed by atoms with van der Waals surface area (Å²) in [6.07, 6.45) is 1.41. The van der Waals surface area contributed by atoms with E-state index >= 15 is 0 Å². The minimum absolute atomic E-state index is 0.0175. The molecule has 2 rings (SSSR count). The number of carbonyl (C=O) groups is 1. The fraction of sp³-hybridized carbons (Fsp3) is 0.417. The molecule has 1 aromatic carbocycles. The average molecular weight is 348 g/mol. The molecule has 7 heteroatoms. The van der Waals surface area contributed by atoms with Gasteiger partial charge in [-0.05, 0) is 40.9 Å². The van der Waals surface area contributed by atoms with Crippen molar-refractivity contribution in [3.05, 3.63) is 28.7 Å². The van der Waals surface area contributed by atoms with Crippen LogP contribution in [0.5, 0.6) is 0 Å². The van der Waals surface area contributed by atoms with Gasteiger partial charge in [-0.1, -0.05) is 12.1 Å². The molecule has 0 aromatic heterocycles. The summed E-state index contributed by atoms with van der Waals surface area (Å²) in [5, 5.41) is 8.72. The molecule has 0 amide bonds. The van der Waals surface area contributed by atoms with E-state index in [4.69, 9.17) is 5.11 Å². The van der Waals surface area contributed by atoms with E-state index < -0.39 is 16.0 Å². The van der Waals surface area contributed by atoms with Gasteiger partial charge < -0.3 is 5.11 Å². The first-order valence-electron chi connectivity index (χ1n) is 5.91. The van der Waals surface area contributed by atoms with E-state index in [1.54, 1.807) is 18.2 Å². The van der Waals surface area contributed by atoms with E-state index in [-0.39, 0.29) is 23.9 Å². The second kappa shape index (κ2) is 5.60. The summed E-state index contributed by atoms with van der Waals surface area (Å²) in [6.45, 7) is 0.0175. The van der Waals surface area contributed by atoms with Gasteiger partial charge in [-0.15, -0.1) is 0 Å². The molecule has 1 N–H and O–H groups in total. The molecule has 0 unspecified atom stereocenters. The minimum atomic E-state index is -3.64. The Hall–Kier alpha value is -0.920. The minimum Gasteiger partial charge on any atom is -0.481 e. The van der Waals surface area contributed by atoms with Crippen molar-refractivity contribution in [2.24, 2.45) is 0 Å². The molecule has 0 radical (unpaired) electrons. The molecule has 104 valence electrons. The quantitative estimate of drug-likeness (QED) is 0.854. The van der Waals surface area contributed by atoms with Crippen LogP contribution in [0.4, 0.5) is 0 Å². The van der Waals surface area contributed by atoms with Crippen LogP contribution in [0, 0.1) is 0 Å². The number of nitrogens with zero attached hydrogens (tertiary/aromatic N) is 1. The molecule has 1 aliphatic carbocycles. The Morgan fingerprint density at radius 2 is 2.00 bits per heavy atom. The number of halogens is 1. The maximum Gasteiger partial charge on any atom is 0.304 e. The Balaban J connectivity index is 2.29. The van der Waals surface area contributed by atoms with Crippen molar-refractivity contribution in [2.45, 2.75) is 30.2 Å². The summed E-state index contributed by atoms with van der Waals surface area (Å²) >= 11 is 3.23. The van der Waals surface area contributed by atoms with Crippen LogP contribution in [0.1, 0.15) is 19.3 Å². The van der Waals surface area contributed by atoms with Crippen LogP contribution >= 0.6 is 15.9 Å². The summed E-state index contributed by atoms with van der Waals surface area (Å²) in [7, 11) is -3.64. The number of rotatable bonds is 6. The molecule has 1 aromatic rings. The van der Waals surface area contributed by atoms with Crippen molar-refractivity contribution in [1.82, 2.24) is 4.31 Å². The molecule has 0 aliphatic heterocycles. The third kappa shape index (κ3) is 3.34. The molecule has 5 nitrogen and oxygen atoms in total. The highest BCUT2D eigenvalue weighted by molar-refractivity contribution is 9.10. The summed E-state index contributed by atoms with van der Waals surface area (Å²) < 4.78 is 26.9. The zero-order valence-electron chi connectivity index (χ0n) is 10.1. The van der Waals surface area contributed by atoms with Gasteiger partial charge in [-0.25, -0.2) is 8.42 Å². The zero-order chi connectivity index (χ0) is 14.0. The number of sulfonamides is 1. The van der Waals surface area contributed by atoms with Gasteiger partial charge in [0.15, 0.2) is 0 Å². The summed E-state index contributed by atoms with van der Waals surface area (Å²) in [4.78, 5) is 10.8. The maximum absolute atomic E-state index is 12.6. The number of aliphatic carboxylic acids is 1. The van der Waals surface area contributed by atoms with Gasteiger partial charge in [-0.2, -0.15) is 4.31 Å². The predicted molar refractivity (Wildman–Crippen MR) is 73.3 cm³/mol. The standard InChI is InChI=1S/C12H14BrNO4S/c13-10-3-1-2-4-11(10)19(17,18)14(9-5-6-9)8-7-12(15)16/h1-4,9H,5-8H2,(H,15,16). The summed E-state index contributed by atoms with van der Waals surface area (Å²) in [5.74, 6) is -0.993. The van der Waals surface area contributed by atoms with Gasteiger partial charge in [0.05, 0.1) is 11.3 Å². The van der Waals surface area contributed by atoms with Crippen LogP contribution in [0.15, 0.2) is 33.6 Å². The SMILES string of the molecule is O=C(O)CCN(C1CC1)S(=O)(=O)c1ccccc1Br. The lowest BCUT2D eigenvalue weighted by Gasteiger charge is -2.21. The fourth-order valence-electron chi connectivity index (χ4n) is 1.85. The van der Waals surface area contributed by atoms with Gasteiger partial charge in [0.25, 0.3) is 0 Å². The highest BCUT2D eigenvalue weighted by atomic mass is 79.9. The van der Waals surface area contributed by atoms with Crippen LogP contribution in [0.3, 0.4) is 0 Å². The van der Waals surface area contributed by atoms with E-state index in [0.717, 1.165) is 12.8 Å². The van der Waals surface area contributed by atoms with E-state index in [0.29, 0.717) is 4.47 Å². The topological polar surface area (TPSA) is 74.7 Å². The van der Waals surface area contributed by atoms with Crippen LogP contribution in [0.2, 0.25) is 0 Å². The van der Waals surface area contributed by atoms with Crippen molar-refractivity contribution >= 4 is 31.9 Å². The third-order valence-electron chi connectivity index (χ3n) is 2.92. The molecule has 1 aliphatic rings. The van der Waals surface area contributed by atoms with Crippen molar-refractivity contribution in [2.75, 3.05) is 6.54 Å². The monoisotopic (exact) mass is 347 g/mol. The maximum atomic E-state index is 12.6. The first-order valence-corrected chi connectivity index (χ1v) is 8.14. The molecule has 0 atom stereocenters. The van der Waals surface area contributed by atoms with Crippen LogP contribution < -0.4 is 0 Å². The highest BCUT2D eigenvalue weighted by Crippen LogP contribution is 2.34. The fourth-order valence-corrected chi connectivity index (χ4v) is 4.50. The molecule has 19 heavy (non-hydrogen) atoms. The lowest BCUT2D eigenvalue weighted by Crippen LogP contribution is -2.35. The van der Waals surface area contributed by atoms with Crippen LogP contribution in [0.25, 0.3) is 0 Å². The first kappa shape index (κ1) is 14.5. The second-order valence-corrected chi connectivity index (χ2v) is 7.13. The summed E-state index contributed by atoms with van der Waals surface area (Å²) in [6, 6.07) is 6.52. The molecule has 0 bridgehead atoms. The summed E-state index contributed by atoms with van der Waals surface area (Å²) in [5.41, 5.74) is 0. The van der Waals surface area contributed by atoms with Gasteiger partial charge in [0, 0.05) is 17.1 Å². The molecule has 1 fully saturated rings. The van der Waals surface area contributed by atoms with Crippen LogP contribution in [-0.4, -0.2) is 36.4 Å². The number of hydrogen-bond acceptors (Lipinski definition) is 3. The van der Waals surface area contributed by atoms with Crippen molar-refractivity contribution in [1.29, 1.82) is 0 Å². The zero-order valence-corrected chi connectivity index (χ0v) is 12.5. The number of carboxylic acids is 1. The Bertz CT molecular complexity index is 583. The normalized spacial score (nSPS) is 15.7. The lowest BCUT2D eigenvalue weighted by molar-refractivity contribution is -0.137. The van der Waals surface area contributed by atoms with Gasteiger partial charge in [0.1, 0.15) is 0 Å². The number of carboxylic acid groups (broad SMARTS) is 1. The molecular weight excluding hydrogens is 334 g/mol. The predicted octanol–water partition coefficient (Wildman–Crippen LogP) is 2.08. The molecule has 0 saturated heterocycles. The van der Waals surface area contributed by atoms with Gasteiger partial charge in [-0.3, -0.25) is 4.79 Å².